The maximum atomic E-state index is 12.2. The highest BCUT2D eigenvalue weighted by Gasteiger charge is 2.32. The van der Waals surface area contributed by atoms with E-state index in [1.165, 1.54) is 12.6 Å². The smallest absolute Gasteiger partial charge is 0.251 e. The second kappa shape index (κ2) is 3.26. The van der Waals surface area contributed by atoms with Crippen molar-refractivity contribution in [3.8, 4) is 0 Å². The van der Waals surface area contributed by atoms with Gasteiger partial charge in [0.2, 0.25) is 0 Å². The fraction of sp³-hybridized carbons (Fsp3) is 0.500. The highest BCUT2D eigenvalue weighted by atomic mass is 19.4. The van der Waals surface area contributed by atoms with Gasteiger partial charge in [-0.2, -0.15) is 13.2 Å². The van der Waals surface area contributed by atoms with Crippen LogP contribution < -0.4 is 0 Å². The normalized spacial score (nSPS) is 17.9. The van der Waals surface area contributed by atoms with E-state index in [4.69, 9.17) is 0 Å². The number of hydrogen-bond acceptors (Lipinski definition) is 1. The van der Waals surface area contributed by atoms with E-state index in [0.29, 0.717) is 5.92 Å². The summed E-state index contributed by atoms with van der Waals surface area (Å²) in [5.74, 6) is 0.435. The van der Waals surface area contributed by atoms with Gasteiger partial charge in [0, 0.05) is 6.20 Å². The molecule has 1 saturated carbocycles. The van der Waals surface area contributed by atoms with E-state index >= 15 is 0 Å². The summed E-state index contributed by atoms with van der Waals surface area (Å²) in [4.78, 5) is 3.43. The average Bonchev–Trinajstić information content (AvgIpc) is 2.00. The Morgan fingerprint density at radius 2 is 1.93 bits per heavy atom. The lowest BCUT2D eigenvalue weighted by Gasteiger charge is -2.25. The first kappa shape index (κ1) is 9.49. The third-order valence-corrected chi connectivity index (χ3v) is 2.65. The van der Waals surface area contributed by atoms with Crippen molar-refractivity contribution in [3.05, 3.63) is 29.6 Å². The van der Waals surface area contributed by atoms with Gasteiger partial charge in [-0.1, -0.05) is 12.5 Å². The molecule has 14 heavy (non-hydrogen) atoms. The molecular formula is C10H10F3N. The number of halogens is 3. The van der Waals surface area contributed by atoms with E-state index in [-0.39, 0.29) is 0 Å². The van der Waals surface area contributed by atoms with Crippen LogP contribution in [0.1, 0.15) is 36.4 Å². The molecule has 0 aromatic carbocycles. The van der Waals surface area contributed by atoms with Crippen LogP contribution in [0.15, 0.2) is 18.3 Å². The maximum absolute atomic E-state index is 12.2. The zero-order valence-corrected chi connectivity index (χ0v) is 7.51. The van der Waals surface area contributed by atoms with Crippen molar-refractivity contribution in [1.29, 1.82) is 0 Å². The minimum absolute atomic E-state index is 0.435. The van der Waals surface area contributed by atoms with Crippen LogP contribution in [-0.4, -0.2) is 4.98 Å². The molecule has 1 fully saturated rings. The first-order chi connectivity index (χ1) is 6.57. The molecule has 0 N–H and O–H groups in total. The molecule has 0 radical (unpaired) electrons. The zero-order chi connectivity index (χ0) is 10.2. The van der Waals surface area contributed by atoms with Gasteiger partial charge in [0.05, 0.1) is 0 Å². The molecule has 0 unspecified atom stereocenters. The van der Waals surface area contributed by atoms with Crippen LogP contribution >= 0.6 is 0 Å². The number of rotatable bonds is 1. The Labute approximate surface area is 80.0 Å². The van der Waals surface area contributed by atoms with Crippen molar-refractivity contribution in [3.63, 3.8) is 0 Å². The third-order valence-electron chi connectivity index (χ3n) is 2.65. The Bertz CT molecular complexity index is 311. The van der Waals surface area contributed by atoms with E-state index in [9.17, 15) is 13.2 Å². The molecule has 0 aliphatic heterocycles. The SMILES string of the molecule is FC(F)(F)c1ccc(C2CCC2)cn1. The Kier molecular flexibility index (Phi) is 2.21. The first-order valence-corrected chi connectivity index (χ1v) is 4.60. The molecule has 0 amide bonds. The van der Waals surface area contributed by atoms with E-state index in [1.54, 1.807) is 6.07 Å². The molecule has 76 valence electrons. The van der Waals surface area contributed by atoms with Crippen LogP contribution in [0.3, 0.4) is 0 Å². The van der Waals surface area contributed by atoms with Crippen LogP contribution in [0.4, 0.5) is 13.2 Å². The van der Waals surface area contributed by atoms with Crippen molar-refractivity contribution in [1.82, 2.24) is 4.98 Å². The highest BCUT2D eigenvalue weighted by Crippen LogP contribution is 2.36. The topological polar surface area (TPSA) is 12.9 Å². The predicted molar refractivity (Wildman–Crippen MR) is 45.8 cm³/mol. The third kappa shape index (κ3) is 1.74. The summed E-state index contributed by atoms with van der Waals surface area (Å²) in [6.45, 7) is 0. The van der Waals surface area contributed by atoms with Crippen LogP contribution in [0.25, 0.3) is 0 Å². The minimum atomic E-state index is -4.32. The summed E-state index contributed by atoms with van der Waals surface area (Å²) in [5.41, 5.74) is 0.129. The quantitative estimate of drug-likeness (QED) is 0.678. The highest BCUT2D eigenvalue weighted by molar-refractivity contribution is 5.21. The lowest BCUT2D eigenvalue weighted by Crippen LogP contribution is -2.11. The Hall–Kier alpha value is -1.06. The fourth-order valence-corrected chi connectivity index (χ4v) is 1.56. The van der Waals surface area contributed by atoms with Gasteiger partial charge in [-0.25, -0.2) is 0 Å². The maximum Gasteiger partial charge on any atom is 0.433 e. The number of hydrogen-bond donors (Lipinski definition) is 0. The number of pyridine rings is 1. The van der Waals surface area contributed by atoms with Crippen molar-refractivity contribution in [2.45, 2.75) is 31.4 Å². The molecule has 1 aliphatic carbocycles. The Balaban J connectivity index is 2.17. The largest absolute Gasteiger partial charge is 0.433 e. The van der Waals surface area contributed by atoms with Gasteiger partial charge in [-0.15, -0.1) is 0 Å². The standard InChI is InChI=1S/C10H10F3N/c11-10(12,13)9-5-4-8(6-14-9)7-2-1-3-7/h4-7H,1-3H2. The number of nitrogens with zero attached hydrogens (tertiary/aromatic N) is 1. The van der Waals surface area contributed by atoms with Gasteiger partial charge in [0.15, 0.2) is 0 Å². The fourth-order valence-electron chi connectivity index (χ4n) is 1.56. The summed E-state index contributed by atoms with van der Waals surface area (Å²) < 4.78 is 36.5. The van der Waals surface area contributed by atoms with E-state index in [2.05, 4.69) is 4.98 Å². The number of aromatic nitrogens is 1. The zero-order valence-electron chi connectivity index (χ0n) is 7.51. The Morgan fingerprint density at radius 3 is 2.29 bits per heavy atom. The van der Waals surface area contributed by atoms with Crippen LogP contribution in [0.2, 0.25) is 0 Å². The van der Waals surface area contributed by atoms with Gasteiger partial charge in [0.25, 0.3) is 0 Å². The van der Waals surface area contributed by atoms with Gasteiger partial charge in [-0.3, -0.25) is 4.98 Å². The monoisotopic (exact) mass is 201 g/mol. The van der Waals surface area contributed by atoms with E-state index in [0.717, 1.165) is 24.5 Å². The summed E-state index contributed by atoms with van der Waals surface area (Å²) in [7, 11) is 0. The molecule has 0 spiro atoms. The van der Waals surface area contributed by atoms with Crippen LogP contribution in [0, 0.1) is 0 Å². The lowest BCUT2D eigenvalue weighted by molar-refractivity contribution is -0.141. The molecule has 1 aliphatic rings. The van der Waals surface area contributed by atoms with E-state index in [1.807, 2.05) is 0 Å². The lowest BCUT2D eigenvalue weighted by atomic mass is 9.81. The van der Waals surface area contributed by atoms with Gasteiger partial charge >= 0.3 is 6.18 Å². The van der Waals surface area contributed by atoms with Crippen molar-refractivity contribution >= 4 is 0 Å². The van der Waals surface area contributed by atoms with Crippen molar-refractivity contribution in [2.24, 2.45) is 0 Å². The molecule has 0 atom stereocenters. The van der Waals surface area contributed by atoms with Gasteiger partial charge in [0.1, 0.15) is 5.69 Å². The summed E-state index contributed by atoms with van der Waals surface area (Å²) in [6, 6.07) is 2.60. The number of alkyl halides is 3. The van der Waals surface area contributed by atoms with Gasteiger partial charge in [-0.05, 0) is 30.4 Å². The molecule has 1 heterocycles. The molecule has 2 rings (SSSR count). The van der Waals surface area contributed by atoms with Crippen molar-refractivity contribution in [2.75, 3.05) is 0 Å². The second-order valence-corrected chi connectivity index (χ2v) is 3.60. The van der Waals surface area contributed by atoms with Crippen molar-refractivity contribution < 1.29 is 13.2 Å². The van der Waals surface area contributed by atoms with Crippen LogP contribution in [-0.2, 0) is 6.18 Å². The van der Waals surface area contributed by atoms with E-state index < -0.39 is 11.9 Å². The predicted octanol–water partition coefficient (Wildman–Crippen LogP) is 3.37. The molecule has 1 nitrogen and oxygen atoms in total. The second-order valence-electron chi connectivity index (χ2n) is 3.60. The Morgan fingerprint density at radius 1 is 1.21 bits per heavy atom. The minimum Gasteiger partial charge on any atom is -0.251 e. The summed E-state index contributed by atoms with van der Waals surface area (Å²) in [5, 5.41) is 0. The summed E-state index contributed by atoms with van der Waals surface area (Å²) >= 11 is 0. The molecule has 1 aromatic rings. The van der Waals surface area contributed by atoms with Crippen LogP contribution in [0.5, 0.6) is 0 Å². The molecular weight excluding hydrogens is 191 g/mol. The summed E-state index contributed by atoms with van der Waals surface area (Å²) in [6.07, 6.45) is 0.358. The first-order valence-electron chi connectivity index (χ1n) is 4.60. The average molecular weight is 201 g/mol. The molecule has 0 bridgehead atoms. The molecule has 0 saturated heterocycles. The molecule has 4 heteroatoms. The van der Waals surface area contributed by atoms with Gasteiger partial charge < -0.3 is 0 Å². The molecule has 1 aromatic heterocycles.